The van der Waals surface area contributed by atoms with Crippen molar-refractivity contribution in [2.75, 3.05) is 0 Å². The summed E-state index contributed by atoms with van der Waals surface area (Å²) in [5.74, 6) is -2.10. The van der Waals surface area contributed by atoms with E-state index >= 15 is 0 Å². The molecule has 7 nitrogen and oxygen atoms in total. The van der Waals surface area contributed by atoms with Crippen LogP contribution in [0, 0.1) is 0 Å². The fourth-order valence-electron chi connectivity index (χ4n) is 2.76. The van der Waals surface area contributed by atoms with Crippen LogP contribution in [0.25, 0.3) is 28.3 Å². The number of hydrogen-bond donors (Lipinski definition) is 1. The summed E-state index contributed by atoms with van der Waals surface area (Å²) in [6, 6.07) is 11.1. The maximum Gasteiger partial charge on any atom is 0.453 e. The number of aromatic nitrogens is 4. The van der Waals surface area contributed by atoms with Crippen molar-refractivity contribution in [3.05, 3.63) is 72.5 Å². The third-order valence-electron chi connectivity index (χ3n) is 4.09. The Morgan fingerprint density at radius 1 is 1.07 bits per heavy atom. The predicted molar refractivity (Wildman–Crippen MR) is 94.3 cm³/mol. The van der Waals surface area contributed by atoms with Crippen LogP contribution < -0.4 is 0 Å². The van der Waals surface area contributed by atoms with E-state index in [1.807, 2.05) is 0 Å². The molecule has 0 aliphatic heterocycles. The highest BCUT2D eigenvalue weighted by molar-refractivity contribution is 5.87. The molecule has 0 atom stereocenters. The Morgan fingerprint density at radius 2 is 1.83 bits per heavy atom. The van der Waals surface area contributed by atoms with Crippen LogP contribution in [0.2, 0.25) is 0 Å². The molecule has 29 heavy (non-hydrogen) atoms. The van der Waals surface area contributed by atoms with Crippen molar-refractivity contribution in [1.29, 1.82) is 0 Å². The number of pyridine rings is 1. The molecule has 1 N–H and O–H groups in total. The van der Waals surface area contributed by atoms with Crippen LogP contribution in [0.3, 0.4) is 0 Å². The molecule has 0 aliphatic carbocycles. The van der Waals surface area contributed by atoms with E-state index in [2.05, 4.69) is 19.6 Å². The molecule has 0 unspecified atom stereocenters. The van der Waals surface area contributed by atoms with E-state index in [0.717, 1.165) is 6.20 Å². The number of aromatic carboxylic acids is 1. The van der Waals surface area contributed by atoms with Crippen LogP contribution >= 0.6 is 0 Å². The number of benzene rings is 1. The minimum Gasteiger partial charge on any atom is -0.478 e. The normalized spacial score (nSPS) is 11.6. The fourth-order valence-corrected chi connectivity index (χ4v) is 2.76. The first-order valence-electron chi connectivity index (χ1n) is 8.21. The van der Waals surface area contributed by atoms with Crippen LogP contribution in [0.4, 0.5) is 13.2 Å². The van der Waals surface area contributed by atoms with Crippen LogP contribution in [0.5, 0.6) is 0 Å². The monoisotopic (exact) mass is 400 g/mol. The largest absolute Gasteiger partial charge is 0.478 e. The zero-order valence-corrected chi connectivity index (χ0v) is 14.5. The third-order valence-corrected chi connectivity index (χ3v) is 4.09. The Labute approximate surface area is 161 Å². The van der Waals surface area contributed by atoms with E-state index in [9.17, 15) is 18.0 Å². The number of hydrogen-bond acceptors (Lipinski definition) is 5. The first-order valence-corrected chi connectivity index (χ1v) is 8.21. The molecule has 0 aliphatic rings. The van der Waals surface area contributed by atoms with Gasteiger partial charge >= 0.3 is 12.1 Å². The highest BCUT2D eigenvalue weighted by Gasteiger charge is 2.41. The zero-order valence-electron chi connectivity index (χ0n) is 14.5. The summed E-state index contributed by atoms with van der Waals surface area (Å²) in [5, 5.41) is 12.6. The van der Waals surface area contributed by atoms with E-state index in [0.29, 0.717) is 11.4 Å². The number of alkyl halides is 3. The van der Waals surface area contributed by atoms with Crippen molar-refractivity contribution < 1.29 is 27.6 Å². The van der Waals surface area contributed by atoms with Gasteiger partial charge in [-0.15, -0.1) is 0 Å². The molecule has 4 aromatic rings. The standard InChI is InChI=1S/C19H11F3N4O3/c20-19(21,22)17-15(16(25-29-17)11-4-2-1-3-5-11)13-9-26(10-24-13)14-7-6-12(8-23-14)18(27)28/h1-10H,(H,27,28). The number of carboxylic acids is 1. The smallest absolute Gasteiger partial charge is 0.453 e. The van der Waals surface area contributed by atoms with Gasteiger partial charge in [0.05, 0.1) is 16.8 Å². The van der Waals surface area contributed by atoms with Crippen molar-refractivity contribution >= 4 is 5.97 Å². The summed E-state index contributed by atoms with van der Waals surface area (Å²) in [7, 11) is 0. The number of carbonyl (C=O) groups is 1. The lowest BCUT2D eigenvalue weighted by Gasteiger charge is -2.05. The molecule has 0 fully saturated rings. The van der Waals surface area contributed by atoms with Crippen molar-refractivity contribution in [2.45, 2.75) is 6.18 Å². The molecule has 0 amide bonds. The van der Waals surface area contributed by atoms with E-state index in [4.69, 9.17) is 5.11 Å². The Balaban J connectivity index is 1.81. The first-order chi connectivity index (χ1) is 13.8. The van der Waals surface area contributed by atoms with Gasteiger partial charge < -0.3 is 9.63 Å². The van der Waals surface area contributed by atoms with Gasteiger partial charge in [-0.05, 0) is 12.1 Å². The van der Waals surface area contributed by atoms with E-state index in [1.54, 1.807) is 30.3 Å². The van der Waals surface area contributed by atoms with Gasteiger partial charge in [-0.1, -0.05) is 35.5 Å². The van der Waals surface area contributed by atoms with Gasteiger partial charge in [-0.25, -0.2) is 14.8 Å². The van der Waals surface area contributed by atoms with Gasteiger partial charge in [0.25, 0.3) is 0 Å². The number of carboxylic acid groups (broad SMARTS) is 1. The van der Waals surface area contributed by atoms with E-state index in [-0.39, 0.29) is 22.5 Å². The second kappa shape index (κ2) is 6.89. The van der Waals surface area contributed by atoms with Crippen molar-refractivity contribution in [3.8, 4) is 28.3 Å². The second-order valence-corrected chi connectivity index (χ2v) is 5.98. The molecule has 0 spiro atoms. The topological polar surface area (TPSA) is 94.0 Å². The predicted octanol–water partition coefficient (Wildman–Crippen LogP) is 4.31. The van der Waals surface area contributed by atoms with Gasteiger partial charge in [0, 0.05) is 18.0 Å². The lowest BCUT2D eigenvalue weighted by atomic mass is 10.0. The van der Waals surface area contributed by atoms with Crippen molar-refractivity contribution in [3.63, 3.8) is 0 Å². The van der Waals surface area contributed by atoms with Gasteiger partial charge in [-0.3, -0.25) is 4.57 Å². The Morgan fingerprint density at radius 3 is 2.45 bits per heavy atom. The summed E-state index contributed by atoms with van der Waals surface area (Å²) in [4.78, 5) is 19.0. The Kier molecular flexibility index (Phi) is 4.38. The second-order valence-electron chi connectivity index (χ2n) is 5.98. The average Bonchev–Trinajstić information content (AvgIpc) is 3.35. The summed E-state index contributed by atoms with van der Waals surface area (Å²) < 4.78 is 46.4. The highest BCUT2D eigenvalue weighted by atomic mass is 19.4. The SMILES string of the molecule is O=C(O)c1ccc(-n2cnc(-c3c(-c4ccccc4)noc3C(F)(F)F)c2)nc1. The summed E-state index contributed by atoms with van der Waals surface area (Å²) >= 11 is 0. The summed E-state index contributed by atoms with van der Waals surface area (Å²) in [6.45, 7) is 0. The van der Waals surface area contributed by atoms with Gasteiger partial charge in [0.1, 0.15) is 17.8 Å². The molecule has 3 heterocycles. The molecule has 4 rings (SSSR count). The first kappa shape index (κ1) is 18.4. The molecule has 10 heteroatoms. The fraction of sp³-hybridized carbons (Fsp3) is 0.0526. The average molecular weight is 400 g/mol. The van der Waals surface area contributed by atoms with Gasteiger partial charge in [0.2, 0.25) is 5.76 Å². The number of halogens is 3. The molecular formula is C19H11F3N4O3. The van der Waals surface area contributed by atoms with E-state index < -0.39 is 17.9 Å². The molecule has 0 saturated carbocycles. The van der Waals surface area contributed by atoms with Crippen LogP contribution in [-0.4, -0.2) is 30.8 Å². The zero-order chi connectivity index (χ0) is 20.6. The molecule has 1 aromatic carbocycles. The molecular weight excluding hydrogens is 389 g/mol. The molecule has 3 aromatic heterocycles. The molecule has 146 valence electrons. The number of nitrogens with zero attached hydrogens (tertiary/aromatic N) is 4. The summed E-state index contributed by atoms with van der Waals surface area (Å²) in [6.07, 6.45) is -0.995. The summed E-state index contributed by atoms with van der Waals surface area (Å²) in [5.41, 5.74) is 0.141. The minimum absolute atomic E-state index is 0.0114. The number of imidazole rings is 1. The van der Waals surface area contributed by atoms with Crippen LogP contribution in [0.15, 0.2) is 65.7 Å². The van der Waals surface area contributed by atoms with Crippen molar-refractivity contribution in [2.24, 2.45) is 0 Å². The molecule has 0 bridgehead atoms. The van der Waals surface area contributed by atoms with Crippen LogP contribution in [0.1, 0.15) is 16.1 Å². The van der Waals surface area contributed by atoms with Gasteiger partial charge in [-0.2, -0.15) is 13.2 Å². The molecule has 0 saturated heterocycles. The third kappa shape index (κ3) is 3.47. The highest BCUT2D eigenvalue weighted by Crippen LogP contribution is 2.42. The maximum atomic E-state index is 13.5. The van der Waals surface area contributed by atoms with Crippen LogP contribution in [-0.2, 0) is 6.18 Å². The quantitative estimate of drug-likeness (QED) is 0.549. The lowest BCUT2D eigenvalue weighted by molar-refractivity contribution is -0.154. The van der Waals surface area contributed by atoms with E-state index in [1.165, 1.54) is 29.2 Å². The molecule has 0 radical (unpaired) electrons. The number of rotatable bonds is 4. The maximum absolute atomic E-state index is 13.5. The minimum atomic E-state index is -4.76. The lowest BCUT2D eigenvalue weighted by Crippen LogP contribution is -2.05. The van der Waals surface area contributed by atoms with Gasteiger partial charge in [0.15, 0.2) is 0 Å². The van der Waals surface area contributed by atoms with Crippen molar-refractivity contribution in [1.82, 2.24) is 19.7 Å². The Bertz CT molecular complexity index is 1170. The Hall–Kier alpha value is -3.95.